The van der Waals surface area contributed by atoms with Gasteiger partial charge in [0, 0.05) is 18.0 Å². The van der Waals surface area contributed by atoms with Crippen LogP contribution in [0.2, 0.25) is 0 Å². The molecule has 0 saturated carbocycles. The number of hydrogen-bond donors (Lipinski definition) is 1. The van der Waals surface area contributed by atoms with E-state index in [2.05, 4.69) is 16.4 Å². The van der Waals surface area contributed by atoms with Crippen LogP contribution in [0.15, 0.2) is 66.9 Å². The number of amides is 1. The van der Waals surface area contributed by atoms with Crippen molar-refractivity contribution in [2.75, 3.05) is 11.9 Å². The lowest BCUT2D eigenvalue weighted by molar-refractivity contribution is -0.116. The van der Waals surface area contributed by atoms with E-state index in [1.807, 2.05) is 62.4 Å². The fourth-order valence-corrected chi connectivity index (χ4v) is 2.81. The maximum absolute atomic E-state index is 12.2. The lowest BCUT2D eigenvalue weighted by Crippen LogP contribution is -2.15. The minimum Gasteiger partial charge on any atom is -0.493 e. The summed E-state index contributed by atoms with van der Waals surface area (Å²) in [6.45, 7) is 4.75. The van der Waals surface area contributed by atoms with Gasteiger partial charge in [0.15, 0.2) is 0 Å². The van der Waals surface area contributed by atoms with Crippen LogP contribution in [-0.4, -0.2) is 17.5 Å². The van der Waals surface area contributed by atoms with Crippen LogP contribution in [0.3, 0.4) is 0 Å². The number of pyridine rings is 1. The summed E-state index contributed by atoms with van der Waals surface area (Å²) in [6, 6.07) is 19.0. The summed E-state index contributed by atoms with van der Waals surface area (Å²) >= 11 is 0. The maximum atomic E-state index is 12.2. The number of nitrogens with one attached hydrogen (secondary N) is 1. The maximum Gasteiger partial charge on any atom is 0.227 e. The number of nitrogens with zero attached hydrogens (tertiary/aromatic N) is 1. The van der Waals surface area contributed by atoms with Crippen molar-refractivity contribution < 1.29 is 14.3 Å². The van der Waals surface area contributed by atoms with Gasteiger partial charge >= 0.3 is 0 Å². The summed E-state index contributed by atoms with van der Waals surface area (Å²) in [6.07, 6.45) is 2.00. The van der Waals surface area contributed by atoms with Crippen molar-refractivity contribution in [1.29, 1.82) is 0 Å². The highest BCUT2D eigenvalue weighted by Crippen LogP contribution is 2.19. The first-order valence-corrected chi connectivity index (χ1v) is 9.22. The van der Waals surface area contributed by atoms with Crippen molar-refractivity contribution in [3.05, 3.63) is 83.7 Å². The molecule has 144 valence electrons. The van der Waals surface area contributed by atoms with Crippen LogP contribution in [0.1, 0.15) is 23.2 Å². The third kappa shape index (κ3) is 6.13. The average Bonchev–Trinajstić information content (AvgIpc) is 2.67. The Bertz CT molecular complexity index is 906. The van der Waals surface area contributed by atoms with Gasteiger partial charge in [-0.3, -0.25) is 9.78 Å². The molecular formula is C23H24N2O3. The lowest BCUT2D eigenvalue weighted by Gasteiger charge is -2.10. The standard InChI is InChI=1S/C23H24N2O3/c1-17-12-18(2)14-22(13-17)27-11-9-23(26)25-19-7-5-8-21(15-19)28-16-20-6-3-4-10-24-20/h3-8,10,12-15H,9,11,16H2,1-2H3,(H,25,26). The van der Waals surface area contributed by atoms with Crippen molar-refractivity contribution in [1.82, 2.24) is 4.98 Å². The Morgan fingerprint density at radius 3 is 2.50 bits per heavy atom. The molecule has 0 aliphatic heterocycles. The Morgan fingerprint density at radius 2 is 1.75 bits per heavy atom. The van der Waals surface area contributed by atoms with Gasteiger partial charge in [0.2, 0.25) is 5.91 Å². The van der Waals surface area contributed by atoms with Crippen LogP contribution in [0.25, 0.3) is 0 Å². The molecule has 0 aliphatic rings. The molecule has 0 fully saturated rings. The van der Waals surface area contributed by atoms with E-state index >= 15 is 0 Å². The second-order valence-corrected chi connectivity index (χ2v) is 6.61. The van der Waals surface area contributed by atoms with Gasteiger partial charge in [-0.25, -0.2) is 0 Å². The van der Waals surface area contributed by atoms with E-state index in [1.165, 1.54) is 0 Å². The summed E-state index contributed by atoms with van der Waals surface area (Å²) in [5.41, 5.74) is 3.82. The van der Waals surface area contributed by atoms with E-state index < -0.39 is 0 Å². The summed E-state index contributed by atoms with van der Waals surface area (Å²) in [7, 11) is 0. The minimum atomic E-state index is -0.105. The largest absolute Gasteiger partial charge is 0.493 e. The van der Waals surface area contributed by atoms with Crippen molar-refractivity contribution in [3.63, 3.8) is 0 Å². The van der Waals surface area contributed by atoms with Gasteiger partial charge in [-0.05, 0) is 61.4 Å². The van der Waals surface area contributed by atoms with Gasteiger partial charge in [-0.2, -0.15) is 0 Å². The van der Waals surface area contributed by atoms with E-state index in [9.17, 15) is 4.79 Å². The van der Waals surface area contributed by atoms with Crippen LogP contribution < -0.4 is 14.8 Å². The Kier molecular flexibility index (Phi) is 6.63. The number of aryl methyl sites for hydroxylation is 2. The molecule has 3 rings (SSSR count). The Balaban J connectivity index is 1.47. The predicted molar refractivity (Wildman–Crippen MR) is 110 cm³/mol. The van der Waals surface area contributed by atoms with E-state index in [-0.39, 0.29) is 12.3 Å². The van der Waals surface area contributed by atoms with Gasteiger partial charge in [0.25, 0.3) is 0 Å². The number of aromatic nitrogens is 1. The molecule has 1 amide bonds. The van der Waals surface area contributed by atoms with Crippen LogP contribution in [-0.2, 0) is 11.4 Å². The molecule has 2 aromatic carbocycles. The quantitative estimate of drug-likeness (QED) is 0.620. The monoisotopic (exact) mass is 376 g/mol. The zero-order valence-corrected chi connectivity index (χ0v) is 16.1. The first-order chi connectivity index (χ1) is 13.6. The Morgan fingerprint density at radius 1 is 0.929 bits per heavy atom. The van der Waals surface area contributed by atoms with Gasteiger partial charge in [0.1, 0.15) is 18.1 Å². The predicted octanol–water partition coefficient (Wildman–Crippen LogP) is 4.69. The highest BCUT2D eigenvalue weighted by molar-refractivity contribution is 5.90. The van der Waals surface area contributed by atoms with Crippen LogP contribution in [0, 0.1) is 13.8 Å². The van der Waals surface area contributed by atoms with E-state index in [0.29, 0.717) is 24.7 Å². The molecule has 1 heterocycles. The molecule has 1 N–H and O–H groups in total. The zero-order chi connectivity index (χ0) is 19.8. The summed E-state index contributed by atoms with van der Waals surface area (Å²) in [4.78, 5) is 16.4. The van der Waals surface area contributed by atoms with Crippen molar-refractivity contribution in [2.24, 2.45) is 0 Å². The second kappa shape index (κ2) is 9.55. The smallest absolute Gasteiger partial charge is 0.227 e. The molecular weight excluding hydrogens is 352 g/mol. The highest BCUT2D eigenvalue weighted by Gasteiger charge is 2.05. The average molecular weight is 376 g/mol. The molecule has 0 aliphatic carbocycles. The van der Waals surface area contributed by atoms with Crippen LogP contribution >= 0.6 is 0 Å². The van der Waals surface area contributed by atoms with Crippen molar-refractivity contribution in [3.8, 4) is 11.5 Å². The summed E-state index contributed by atoms with van der Waals surface area (Å²) < 4.78 is 11.4. The van der Waals surface area contributed by atoms with E-state index in [1.54, 1.807) is 12.3 Å². The summed E-state index contributed by atoms with van der Waals surface area (Å²) in [5, 5.41) is 2.87. The zero-order valence-electron chi connectivity index (χ0n) is 16.1. The SMILES string of the molecule is Cc1cc(C)cc(OCCC(=O)Nc2cccc(OCc3ccccn3)c2)c1. The first kappa shape index (κ1) is 19.4. The normalized spacial score (nSPS) is 10.4. The number of ether oxygens (including phenoxy) is 2. The van der Waals surface area contributed by atoms with E-state index in [0.717, 1.165) is 22.6 Å². The van der Waals surface area contributed by atoms with Crippen LogP contribution in [0.4, 0.5) is 5.69 Å². The molecule has 0 saturated heterocycles. The highest BCUT2D eigenvalue weighted by atomic mass is 16.5. The number of benzene rings is 2. The number of carbonyl (C=O) groups is 1. The molecule has 0 unspecified atom stereocenters. The number of carbonyl (C=O) groups excluding carboxylic acids is 1. The first-order valence-electron chi connectivity index (χ1n) is 9.22. The molecule has 5 heteroatoms. The van der Waals surface area contributed by atoms with Crippen molar-refractivity contribution >= 4 is 11.6 Å². The van der Waals surface area contributed by atoms with Crippen molar-refractivity contribution in [2.45, 2.75) is 26.9 Å². The minimum absolute atomic E-state index is 0.105. The third-order valence-corrected chi connectivity index (χ3v) is 4.02. The second-order valence-electron chi connectivity index (χ2n) is 6.61. The fraction of sp³-hybridized carbons (Fsp3) is 0.217. The number of anilines is 1. The molecule has 0 atom stereocenters. The van der Waals surface area contributed by atoms with Gasteiger partial charge in [0.05, 0.1) is 18.7 Å². The number of hydrogen-bond acceptors (Lipinski definition) is 4. The topological polar surface area (TPSA) is 60.5 Å². The molecule has 5 nitrogen and oxygen atoms in total. The lowest BCUT2D eigenvalue weighted by atomic mass is 10.1. The van der Waals surface area contributed by atoms with E-state index in [4.69, 9.17) is 9.47 Å². The van der Waals surface area contributed by atoms with Crippen LogP contribution in [0.5, 0.6) is 11.5 Å². The Hall–Kier alpha value is -3.34. The fourth-order valence-electron chi connectivity index (χ4n) is 2.81. The van der Waals surface area contributed by atoms with Gasteiger partial charge < -0.3 is 14.8 Å². The molecule has 0 radical (unpaired) electrons. The molecule has 0 spiro atoms. The van der Waals surface area contributed by atoms with Gasteiger partial charge in [-0.1, -0.05) is 18.2 Å². The number of rotatable bonds is 8. The molecule has 1 aromatic heterocycles. The molecule has 0 bridgehead atoms. The third-order valence-electron chi connectivity index (χ3n) is 4.02. The summed E-state index contributed by atoms with van der Waals surface area (Å²) in [5.74, 6) is 1.36. The Labute approximate surface area is 165 Å². The van der Waals surface area contributed by atoms with Gasteiger partial charge in [-0.15, -0.1) is 0 Å². The molecule has 3 aromatic rings. The molecule has 28 heavy (non-hydrogen) atoms.